The van der Waals surface area contributed by atoms with Gasteiger partial charge in [-0.2, -0.15) is 0 Å². The summed E-state index contributed by atoms with van der Waals surface area (Å²) in [5.41, 5.74) is 3.83. The van der Waals surface area contributed by atoms with Crippen LogP contribution in [0.5, 0.6) is 0 Å². The minimum Gasteiger partial charge on any atom is -0.369 e. The number of ether oxygens (including phenoxy) is 1. The molecule has 0 aliphatic carbocycles. The van der Waals surface area contributed by atoms with E-state index in [1.54, 1.807) is 0 Å². The molecule has 1 aromatic carbocycles. The van der Waals surface area contributed by atoms with Gasteiger partial charge in [0.2, 0.25) is 5.91 Å². The quantitative estimate of drug-likeness (QED) is 0.813. The van der Waals surface area contributed by atoms with Crippen LogP contribution in [0.25, 0.3) is 0 Å². The van der Waals surface area contributed by atoms with Crippen LogP contribution in [0, 0.1) is 25.7 Å². The van der Waals surface area contributed by atoms with Gasteiger partial charge in [-0.05, 0) is 58.3 Å². The first kappa shape index (κ1) is 18.0. The maximum atomic E-state index is 12.9. The lowest BCUT2D eigenvalue weighted by molar-refractivity contribution is -0.131. The zero-order valence-electron chi connectivity index (χ0n) is 16.6. The summed E-state index contributed by atoms with van der Waals surface area (Å²) >= 11 is 0. The number of carbonyl (C=O) groups is 1. The van der Waals surface area contributed by atoms with Crippen LogP contribution < -0.4 is 0 Å². The molecule has 3 fully saturated rings. The van der Waals surface area contributed by atoms with Gasteiger partial charge in [-0.25, -0.2) is 0 Å². The van der Waals surface area contributed by atoms with Gasteiger partial charge in [-0.15, -0.1) is 0 Å². The molecule has 4 rings (SSSR count). The van der Waals surface area contributed by atoms with E-state index in [1.807, 2.05) is 0 Å². The smallest absolute Gasteiger partial charge is 0.223 e. The summed E-state index contributed by atoms with van der Waals surface area (Å²) in [4.78, 5) is 17.3. The standard InChI is InChI=1S/C22H32N2O2/c1-15-5-6-17(16(2)11-15)7-8-21(25)24-13-19-18(12-23(3)4)20-9-10-22(19,14-24)26-20/h5-6,11,18-20H,7-10,12-14H2,1-4H3/t18-,19+,20+,22+/m0/s1. The molecule has 0 saturated carbocycles. The van der Waals surface area contributed by atoms with Crippen molar-refractivity contribution in [1.82, 2.24) is 9.80 Å². The number of carbonyl (C=O) groups excluding carboxylic acids is 1. The Balaban J connectivity index is 1.39. The molecule has 2 bridgehead atoms. The van der Waals surface area contributed by atoms with Crippen LogP contribution in [-0.4, -0.2) is 61.1 Å². The summed E-state index contributed by atoms with van der Waals surface area (Å²) in [6.45, 7) is 7.03. The number of aryl methyl sites for hydroxylation is 3. The van der Waals surface area contributed by atoms with E-state index in [1.165, 1.54) is 23.1 Å². The van der Waals surface area contributed by atoms with Crippen molar-refractivity contribution in [3.8, 4) is 0 Å². The van der Waals surface area contributed by atoms with Crippen LogP contribution in [-0.2, 0) is 16.0 Å². The number of nitrogens with zero attached hydrogens (tertiary/aromatic N) is 2. The molecule has 142 valence electrons. The summed E-state index contributed by atoms with van der Waals surface area (Å²) in [5.74, 6) is 1.40. The van der Waals surface area contributed by atoms with Crippen LogP contribution in [0.15, 0.2) is 18.2 Å². The maximum absolute atomic E-state index is 12.9. The van der Waals surface area contributed by atoms with E-state index in [0.717, 1.165) is 32.5 Å². The van der Waals surface area contributed by atoms with Gasteiger partial charge in [-0.1, -0.05) is 23.8 Å². The molecule has 4 heteroatoms. The van der Waals surface area contributed by atoms with Crippen LogP contribution in [0.3, 0.4) is 0 Å². The van der Waals surface area contributed by atoms with Crippen LogP contribution >= 0.6 is 0 Å². The van der Waals surface area contributed by atoms with Crippen molar-refractivity contribution in [3.63, 3.8) is 0 Å². The molecular formula is C22H32N2O2. The van der Waals surface area contributed by atoms with E-state index >= 15 is 0 Å². The van der Waals surface area contributed by atoms with Crippen LogP contribution in [0.4, 0.5) is 0 Å². The van der Waals surface area contributed by atoms with Crippen molar-refractivity contribution < 1.29 is 9.53 Å². The Morgan fingerprint density at radius 1 is 1.35 bits per heavy atom. The van der Waals surface area contributed by atoms with Crippen LogP contribution in [0.2, 0.25) is 0 Å². The average Bonchev–Trinajstić information content (AvgIpc) is 3.23. The van der Waals surface area contributed by atoms with E-state index in [-0.39, 0.29) is 5.60 Å². The number of amides is 1. The highest BCUT2D eigenvalue weighted by Gasteiger charge is 2.63. The molecule has 4 atom stereocenters. The molecule has 26 heavy (non-hydrogen) atoms. The zero-order valence-corrected chi connectivity index (χ0v) is 16.6. The second-order valence-corrected chi connectivity index (χ2v) is 9.00. The minimum atomic E-state index is -0.0409. The molecule has 3 saturated heterocycles. The van der Waals surface area contributed by atoms with E-state index < -0.39 is 0 Å². The third-order valence-electron chi connectivity index (χ3n) is 6.82. The predicted octanol–water partition coefficient (Wildman–Crippen LogP) is 2.80. The normalized spacial score (nSPS) is 32.5. The summed E-state index contributed by atoms with van der Waals surface area (Å²) in [6, 6.07) is 6.52. The molecule has 3 aliphatic rings. The molecule has 0 N–H and O–H groups in total. The van der Waals surface area contributed by atoms with E-state index in [9.17, 15) is 4.79 Å². The molecule has 4 nitrogen and oxygen atoms in total. The zero-order chi connectivity index (χ0) is 18.5. The Hall–Kier alpha value is -1.39. The SMILES string of the molecule is Cc1ccc(CCC(=O)N2C[C@@H]3[C@H](CN(C)C)[C@H]4CC[C@]3(C2)O4)c(C)c1. The number of benzene rings is 1. The largest absolute Gasteiger partial charge is 0.369 e. The number of rotatable bonds is 5. The highest BCUT2D eigenvalue weighted by molar-refractivity contribution is 5.77. The van der Waals surface area contributed by atoms with Crippen molar-refractivity contribution in [1.29, 1.82) is 0 Å². The lowest BCUT2D eigenvalue weighted by atomic mass is 9.73. The molecule has 0 aromatic heterocycles. The topological polar surface area (TPSA) is 32.8 Å². The summed E-state index contributed by atoms with van der Waals surface area (Å²) in [7, 11) is 4.28. The van der Waals surface area contributed by atoms with Gasteiger partial charge in [0.25, 0.3) is 0 Å². The lowest BCUT2D eigenvalue weighted by Gasteiger charge is -2.30. The number of hydrogen-bond donors (Lipinski definition) is 0. The van der Waals surface area contributed by atoms with Gasteiger partial charge in [0, 0.05) is 31.3 Å². The van der Waals surface area contributed by atoms with Crippen LogP contribution in [0.1, 0.15) is 36.0 Å². The monoisotopic (exact) mass is 356 g/mol. The predicted molar refractivity (Wildman–Crippen MR) is 103 cm³/mol. The fraction of sp³-hybridized carbons (Fsp3) is 0.682. The van der Waals surface area contributed by atoms with Gasteiger partial charge >= 0.3 is 0 Å². The molecule has 1 aromatic rings. The molecule has 1 spiro atoms. The number of fused-ring (bicyclic) bond motifs is 1. The Bertz CT molecular complexity index is 701. The molecule has 0 unspecified atom stereocenters. The van der Waals surface area contributed by atoms with Gasteiger partial charge < -0.3 is 14.5 Å². The van der Waals surface area contributed by atoms with E-state index in [4.69, 9.17) is 4.74 Å². The maximum Gasteiger partial charge on any atom is 0.223 e. The van der Waals surface area contributed by atoms with Crippen molar-refractivity contribution in [2.24, 2.45) is 11.8 Å². The van der Waals surface area contributed by atoms with Gasteiger partial charge in [0.15, 0.2) is 0 Å². The molecule has 3 heterocycles. The van der Waals surface area contributed by atoms with Crippen molar-refractivity contribution in [2.75, 3.05) is 33.7 Å². The second kappa shape index (κ2) is 6.65. The van der Waals surface area contributed by atoms with E-state index in [2.05, 4.69) is 55.9 Å². The molecule has 3 aliphatic heterocycles. The molecule has 0 radical (unpaired) electrons. The van der Waals surface area contributed by atoms with Crippen molar-refractivity contribution in [2.45, 2.75) is 51.2 Å². The van der Waals surface area contributed by atoms with E-state index in [0.29, 0.717) is 30.3 Å². The van der Waals surface area contributed by atoms with Crippen molar-refractivity contribution >= 4 is 5.91 Å². The Labute approximate surface area is 157 Å². The Kier molecular flexibility index (Phi) is 4.60. The Morgan fingerprint density at radius 2 is 2.15 bits per heavy atom. The molecular weight excluding hydrogens is 324 g/mol. The fourth-order valence-electron chi connectivity index (χ4n) is 5.57. The number of hydrogen-bond acceptors (Lipinski definition) is 3. The second-order valence-electron chi connectivity index (χ2n) is 9.00. The molecule has 1 amide bonds. The minimum absolute atomic E-state index is 0.0409. The van der Waals surface area contributed by atoms with Gasteiger partial charge in [0.1, 0.15) is 0 Å². The Morgan fingerprint density at radius 3 is 2.88 bits per heavy atom. The highest BCUT2D eigenvalue weighted by atomic mass is 16.5. The first-order valence-corrected chi connectivity index (χ1v) is 10.0. The third-order valence-corrected chi connectivity index (χ3v) is 6.82. The first-order valence-electron chi connectivity index (χ1n) is 10.0. The van der Waals surface area contributed by atoms with Gasteiger partial charge in [-0.3, -0.25) is 4.79 Å². The highest BCUT2D eigenvalue weighted by Crippen LogP contribution is 2.54. The fourth-order valence-corrected chi connectivity index (χ4v) is 5.57. The van der Waals surface area contributed by atoms with Gasteiger partial charge in [0.05, 0.1) is 18.2 Å². The lowest BCUT2D eigenvalue weighted by Crippen LogP contribution is -2.40. The van der Waals surface area contributed by atoms with Crippen molar-refractivity contribution in [3.05, 3.63) is 34.9 Å². The average molecular weight is 357 g/mol. The third kappa shape index (κ3) is 3.07. The summed E-state index contributed by atoms with van der Waals surface area (Å²) in [6.07, 6.45) is 4.15. The summed E-state index contributed by atoms with van der Waals surface area (Å²) in [5, 5.41) is 0. The summed E-state index contributed by atoms with van der Waals surface area (Å²) < 4.78 is 6.45. The first-order chi connectivity index (χ1) is 12.4. The number of likely N-dealkylation sites (tertiary alicyclic amines) is 1.